The summed E-state index contributed by atoms with van der Waals surface area (Å²) < 4.78 is 4.97. The van der Waals surface area contributed by atoms with Crippen molar-refractivity contribution in [3.05, 3.63) is 23.8 Å². The Labute approximate surface area is 156 Å². The number of esters is 1. The first-order valence-corrected chi connectivity index (χ1v) is 10.0. The number of benzene rings is 1. The van der Waals surface area contributed by atoms with E-state index in [0.717, 1.165) is 30.6 Å². The minimum absolute atomic E-state index is 0.0620. The van der Waals surface area contributed by atoms with Crippen LogP contribution < -0.4 is 5.32 Å². The lowest BCUT2D eigenvalue weighted by atomic mass is 9.84. The molecule has 3 atom stereocenters. The highest BCUT2D eigenvalue weighted by atomic mass is 32.2. The number of methoxy groups -OCH3 is 1. The summed E-state index contributed by atoms with van der Waals surface area (Å²) in [6.07, 6.45) is 4.90. The quantitative estimate of drug-likeness (QED) is 0.806. The summed E-state index contributed by atoms with van der Waals surface area (Å²) in [5, 5.41) is 2.83. The molecule has 138 valence electrons. The summed E-state index contributed by atoms with van der Waals surface area (Å²) in [6.45, 7) is 0. The van der Waals surface area contributed by atoms with Crippen molar-refractivity contribution in [2.24, 2.45) is 5.92 Å². The molecule has 0 spiro atoms. The smallest absolute Gasteiger partial charge is 0.328 e. The number of carbonyl (C=O) groups excluding carboxylic acids is 3. The standard InChI is InChI=1S/C19H22N2O4S/c1-25-19(24)15-9-11-4-2-3-5-14(11)21(15)18(23)12-6-7-16-13(8-12)20-17(22)10-26-16/h6-8,11,14-15H,2-5,9-10H2,1H3,(H,20,22). The fourth-order valence-electron chi connectivity index (χ4n) is 4.46. The van der Waals surface area contributed by atoms with Crippen molar-refractivity contribution < 1.29 is 19.1 Å². The maximum absolute atomic E-state index is 13.3. The van der Waals surface area contributed by atoms with Crippen molar-refractivity contribution in [1.82, 2.24) is 4.90 Å². The van der Waals surface area contributed by atoms with Crippen LogP contribution in [0.15, 0.2) is 23.1 Å². The van der Waals surface area contributed by atoms with Gasteiger partial charge in [0, 0.05) is 16.5 Å². The van der Waals surface area contributed by atoms with Crippen molar-refractivity contribution in [3.63, 3.8) is 0 Å². The van der Waals surface area contributed by atoms with Crippen LogP contribution in [0.25, 0.3) is 0 Å². The summed E-state index contributed by atoms with van der Waals surface area (Å²) in [7, 11) is 1.37. The number of rotatable bonds is 2. The van der Waals surface area contributed by atoms with E-state index in [1.807, 2.05) is 6.07 Å². The molecule has 1 aromatic rings. The van der Waals surface area contributed by atoms with Crippen molar-refractivity contribution in [2.75, 3.05) is 18.2 Å². The van der Waals surface area contributed by atoms with Crippen molar-refractivity contribution in [3.8, 4) is 0 Å². The van der Waals surface area contributed by atoms with Gasteiger partial charge in [-0.15, -0.1) is 11.8 Å². The predicted molar refractivity (Wildman–Crippen MR) is 98.1 cm³/mol. The number of thioether (sulfide) groups is 1. The molecule has 7 heteroatoms. The van der Waals surface area contributed by atoms with Crippen LogP contribution in [0.5, 0.6) is 0 Å². The number of nitrogens with zero attached hydrogens (tertiary/aromatic N) is 1. The normalized spacial score (nSPS) is 27.3. The van der Waals surface area contributed by atoms with Crippen LogP contribution in [0.3, 0.4) is 0 Å². The van der Waals surface area contributed by atoms with Crippen molar-refractivity contribution in [1.29, 1.82) is 0 Å². The van der Waals surface area contributed by atoms with Gasteiger partial charge in [-0.2, -0.15) is 0 Å². The van der Waals surface area contributed by atoms with Crippen LogP contribution >= 0.6 is 11.8 Å². The van der Waals surface area contributed by atoms with Gasteiger partial charge in [0.25, 0.3) is 5.91 Å². The average molecular weight is 374 g/mol. The molecule has 0 aromatic heterocycles. The molecular weight excluding hydrogens is 352 g/mol. The number of anilines is 1. The van der Waals surface area contributed by atoms with E-state index in [1.165, 1.54) is 18.9 Å². The Morgan fingerprint density at radius 3 is 2.88 bits per heavy atom. The molecule has 2 amide bonds. The molecule has 6 nitrogen and oxygen atoms in total. The zero-order valence-electron chi connectivity index (χ0n) is 14.7. The molecule has 1 saturated carbocycles. The highest BCUT2D eigenvalue weighted by molar-refractivity contribution is 8.00. The van der Waals surface area contributed by atoms with Gasteiger partial charge in [-0.05, 0) is 43.4 Å². The number of fused-ring (bicyclic) bond motifs is 2. The van der Waals surface area contributed by atoms with Crippen molar-refractivity contribution in [2.45, 2.75) is 49.1 Å². The van der Waals surface area contributed by atoms with Crippen LogP contribution in [-0.4, -0.2) is 47.6 Å². The Bertz CT molecular complexity index is 766. The van der Waals surface area contributed by atoms with E-state index >= 15 is 0 Å². The van der Waals surface area contributed by atoms with Gasteiger partial charge in [0.05, 0.1) is 18.6 Å². The molecule has 4 rings (SSSR count). The number of nitrogens with one attached hydrogen (secondary N) is 1. The minimum Gasteiger partial charge on any atom is -0.467 e. The van der Waals surface area contributed by atoms with E-state index in [9.17, 15) is 14.4 Å². The highest BCUT2D eigenvalue weighted by Gasteiger charge is 2.48. The largest absolute Gasteiger partial charge is 0.467 e. The molecule has 3 aliphatic rings. The van der Waals surface area contributed by atoms with Gasteiger partial charge in [-0.25, -0.2) is 4.79 Å². The molecule has 1 aromatic carbocycles. The highest BCUT2D eigenvalue weighted by Crippen LogP contribution is 2.41. The third kappa shape index (κ3) is 2.98. The molecule has 3 unspecified atom stereocenters. The Hall–Kier alpha value is -2.02. The fraction of sp³-hybridized carbons (Fsp3) is 0.526. The van der Waals surface area contributed by atoms with E-state index in [0.29, 0.717) is 29.3 Å². The number of carbonyl (C=O) groups is 3. The Morgan fingerprint density at radius 2 is 2.08 bits per heavy atom. The lowest BCUT2D eigenvalue weighted by molar-refractivity contribution is -0.145. The van der Waals surface area contributed by atoms with Gasteiger partial charge < -0.3 is 15.0 Å². The Morgan fingerprint density at radius 1 is 1.27 bits per heavy atom. The van der Waals surface area contributed by atoms with Gasteiger partial charge in [0.2, 0.25) is 5.91 Å². The number of hydrogen-bond acceptors (Lipinski definition) is 5. The molecule has 1 N–H and O–H groups in total. The molecule has 0 radical (unpaired) electrons. The van der Waals surface area contributed by atoms with Gasteiger partial charge in [0.1, 0.15) is 6.04 Å². The van der Waals surface area contributed by atoms with Gasteiger partial charge in [-0.1, -0.05) is 12.8 Å². The first-order valence-electron chi connectivity index (χ1n) is 9.05. The Kier molecular flexibility index (Phi) is 4.65. The van der Waals surface area contributed by atoms with Crippen LogP contribution in [0.1, 0.15) is 42.5 Å². The lowest BCUT2D eigenvalue weighted by Gasteiger charge is -2.33. The monoisotopic (exact) mass is 374 g/mol. The second-order valence-electron chi connectivity index (χ2n) is 7.15. The van der Waals surface area contributed by atoms with E-state index in [1.54, 1.807) is 17.0 Å². The second kappa shape index (κ2) is 6.95. The summed E-state index contributed by atoms with van der Waals surface area (Å²) in [5.41, 5.74) is 1.18. The van der Waals surface area contributed by atoms with Gasteiger partial charge in [-0.3, -0.25) is 9.59 Å². The maximum atomic E-state index is 13.3. The molecule has 2 heterocycles. The molecule has 0 bridgehead atoms. The lowest BCUT2D eigenvalue weighted by Crippen LogP contribution is -2.46. The molecular formula is C19H22N2O4S. The summed E-state index contributed by atoms with van der Waals surface area (Å²) >= 11 is 1.47. The number of hydrogen-bond donors (Lipinski definition) is 1. The summed E-state index contributed by atoms with van der Waals surface area (Å²) in [6, 6.07) is 4.97. The van der Waals surface area contributed by atoms with Crippen LogP contribution in [0.4, 0.5) is 5.69 Å². The second-order valence-corrected chi connectivity index (χ2v) is 8.16. The minimum atomic E-state index is -0.513. The number of ether oxygens (including phenoxy) is 1. The molecule has 1 aliphatic carbocycles. The zero-order valence-corrected chi connectivity index (χ0v) is 15.5. The van der Waals surface area contributed by atoms with E-state index in [-0.39, 0.29) is 23.8 Å². The van der Waals surface area contributed by atoms with Crippen LogP contribution in [-0.2, 0) is 14.3 Å². The maximum Gasteiger partial charge on any atom is 0.328 e. The molecule has 2 aliphatic heterocycles. The van der Waals surface area contributed by atoms with E-state index in [4.69, 9.17) is 4.74 Å². The SMILES string of the molecule is COC(=O)C1CC2CCCCC2N1C(=O)c1ccc2c(c1)NC(=O)CS2. The first kappa shape index (κ1) is 17.4. The molecule has 2 fully saturated rings. The van der Waals surface area contributed by atoms with Gasteiger partial charge in [0.15, 0.2) is 0 Å². The molecule has 1 saturated heterocycles. The van der Waals surface area contributed by atoms with Crippen LogP contribution in [0, 0.1) is 5.92 Å². The Balaban J connectivity index is 1.65. The third-order valence-electron chi connectivity index (χ3n) is 5.66. The predicted octanol–water partition coefficient (Wildman–Crippen LogP) is 2.68. The van der Waals surface area contributed by atoms with Crippen LogP contribution in [0.2, 0.25) is 0 Å². The fourth-order valence-corrected chi connectivity index (χ4v) is 5.25. The van der Waals surface area contributed by atoms with E-state index in [2.05, 4.69) is 5.32 Å². The zero-order chi connectivity index (χ0) is 18.3. The topological polar surface area (TPSA) is 75.7 Å². The average Bonchev–Trinajstić information content (AvgIpc) is 3.05. The molecule has 26 heavy (non-hydrogen) atoms. The van der Waals surface area contributed by atoms with E-state index < -0.39 is 6.04 Å². The first-order chi connectivity index (χ1) is 12.6. The summed E-state index contributed by atoms with van der Waals surface area (Å²) in [4.78, 5) is 40.0. The number of likely N-dealkylation sites (tertiary alicyclic amines) is 1. The number of amides is 2. The van der Waals surface area contributed by atoms with Gasteiger partial charge >= 0.3 is 5.97 Å². The summed E-state index contributed by atoms with van der Waals surface area (Å²) in [5.74, 6) is 0.204. The third-order valence-corrected chi connectivity index (χ3v) is 6.73. The van der Waals surface area contributed by atoms with Crippen molar-refractivity contribution >= 4 is 35.2 Å².